The number of fused-ring (bicyclic) bond motifs is 1. The Kier molecular flexibility index (Phi) is 4.04. The van der Waals surface area contributed by atoms with Crippen LogP contribution in [0.4, 0.5) is 5.82 Å². The van der Waals surface area contributed by atoms with Crippen LogP contribution in [0.3, 0.4) is 0 Å². The van der Waals surface area contributed by atoms with Gasteiger partial charge in [0.2, 0.25) is 0 Å². The Labute approximate surface area is 130 Å². The van der Waals surface area contributed by atoms with Crippen molar-refractivity contribution < 1.29 is 0 Å². The second kappa shape index (κ2) is 6.13. The molecule has 0 spiro atoms. The van der Waals surface area contributed by atoms with Gasteiger partial charge in [0.1, 0.15) is 16.9 Å². The third-order valence-electron chi connectivity index (χ3n) is 3.72. The number of anilines is 1. The summed E-state index contributed by atoms with van der Waals surface area (Å²) in [5, 5.41) is 8.00. The third-order valence-corrected chi connectivity index (χ3v) is 3.72. The zero-order valence-electron chi connectivity index (χ0n) is 13.3. The highest BCUT2D eigenvalue weighted by atomic mass is 15.3. The maximum atomic E-state index is 4.57. The van der Waals surface area contributed by atoms with Gasteiger partial charge in [-0.2, -0.15) is 5.10 Å². The van der Waals surface area contributed by atoms with Crippen molar-refractivity contribution in [2.75, 3.05) is 11.9 Å². The maximum Gasteiger partial charge on any atom is 0.156 e. The topological polar surface area (TPSA) is 55.6 Å². The molecule has 5 nitrogen and oxygen atoms in total. The van der Waals surface area contributed by atoms with Gasteiger partial charge in [-0.15, -0.1) is 0 Å². The van der Waals surface area contributed by atoms with Gasteiger partial charge in [-0.3, -0.25) is 4.68 Å². The molecule has 5 heteroatoms. The Balaban J connectivity index is 1.86. The lowest BCUT2D eigenvalue weighted by Crippen LogP contribution is -2.10. The summed E-state index contributed by atoms with van der Waals surface area (Å²) in [7, 11) is 0. The highest BCUT2D eigenvalue weighted by Crippen LogP contribution is 2.23. The number of hydrogen-bond acceptors (Lipinski definition) is 4. The maximum absolute atomic E-state index is 4.57. The third kappa shape index (κ3) is 2.79. The van der Waals surface area contributed by atoms with Crippen LogP contribution in [-0.2, 0) is 13.0 Å². The number of rotatable bonds is 5. The Bertz CT molecular complexity index is 777. The molecule has 3 rings (SSSR count). The van der Waals surface area contributed by atoms with Gasteiger partial charge in [-0.05, 0) is 32.8 Å². The van der Waals surface area contributed by atoms with Crippen molar-refractivity contribution >= 4 is 16.9 Å². The lowest BCUT2D eigenvalue weighted by Gasteiger charge is -2.09. The average Bonchev–Trinajstić information content (AvgIpc) is 2.85. The van der Waals surface area contributed by atoms with Crippen molar-refractivity contribution in [2.45, 2.75) is 33.7 Å². The first kappa shape index (κ1) is 14.5. The summed E-state index contributed by atoms with van der Waals surface area (Å²) >= 11 is 0. The molecule has 1 aromatic carbocycles. The van der Waals surface area contributed by atoms with Crippen LogP contribution in [0.25, 0.3) is 11.0 Å². The van der Waals surface area contributed by atoms with Crippen molar-refractivity contribution in [1.29, 1.82) is 0 Å². The van der Waals surface area contributed by atoms with Gasteiger partial charge in [0.25, 0.3) is 0 Å². The van der Waals surface area contributed by atoms with Gasteiger partial charge in [-0.1, -0.05) is 30.3 Å². The Morgan fingerprint density at radius 2 is 1.86 bits per heavy atom. The second-order valence-corrected chi connectivity index (χ2v) is 5.38. The molecule has 0 bridgehead atoms. The highest BCUT2D eigenvalue weighted by molar-refractivity contribution is 5.87. The molecule has 114 valence electrons. The molecule has 0 saturated heterocycles. The van der Waals surface area contributed by atoms with Gasteiger partial charge >= 0.3 is 0 Å². The van der Waals surface area contributed by atoms with Crippen molar-refractivity contribution in [3.05, 3.63) is 47.4 Å². The molecular formula is C17H21N5. The van der Waals surface area contributed by atoms with Crippen molar-refractivity contribution in [3.63, 3.8) is 0 Å². The monoisotopic (exact) mass is 295 g/mol. The van der Waals surface area contributed by atoms with E-state index in [4.69, 9.17) is 0 Å². The lowest BCUT2D eigenvalue weighted by molar-refractivity contribution is 0.675. The van der Waals surface area contributed by atoms with E-state index in [-0.39, 0.29) is 0 Å². The Hall–Kier alpha value is -2.43. The van der Waals surface area contributed by atoms with Crippen LogP contribution in [0.1, 0.15) is 24.0 Å². The normalized spacial score (nSPS) is 11.0. The molecule has 0 fully saturated rings. The molecule has 0 unspecified atom stereocenters. The van der Waals surface area contributed by atoms with Gasteiger partial charge in [0.15, 0.2) is 5.82 Å². The van der Waals surface area contributed by atoms with Crippen LogP contribution < -0.4 is 5.32 Å². The van der Waals surface area contributed by atoms with Gasteiger partial charge in [0.05, 0.1) is 5.69 Å². The molecular weight excluding hydrogens is 274 g/mol. The predicted octanol–water partition coefficient (Wildman–Crippen LogP) is 3.12. The van der Waals surface area contributed by atoms with Crippen LogP contribution >= 0.6 is 0 Å². The fourth-order valence-corrected chi connectivity index (χ4v) is 2.66. The first-order chi connectivity index (χ1) is 10.7. The Morgan fingerprint density at radius 3 is 2.59 bits per heavy atom. The number of nitrogens with zero attached hydrogens (tertiary/aromatic N) is 4. The van der Waals surface area contributed by atoms with Gasteiger partial charge in [-0.25, -0.2) is 9.97 Å². The second-order valence-electron chi connectivity index (χ2n) is 5.38. The fraction of sp³-hybridized carbons (Fsp3) is 0.353. The largest absolute Gasteiger partial charge is 0.368 e. The zero-order chi connectivity index (χ0) is 15.5. The van der Waals surface area contributed by atoms with E-state index in [1.54, 1.807) is 0 Å². The Morgan fingerprint density at radius 1 is 1.09 bits per heavy atom. The van der Waals surface area contributed by atoms with E-state index < -0.39 is 0 Å². The summed E-state index contributed by atoms with van der Waals surface area (Å²) in [6.45, 7) is 7.65. The molecule has 0 aliphatic heterocycles. The molecule has 0 aliphatic carbocycles. The summed E-state index contributed by atoms with van der Waals surface area (Å²) < 4.78 is 1.97. The molecule has 0 saturated carbocycles. The first-order valence-electron chi connectivity index (χ1n) is 7.68. The summed E-state index contributed by atoms with van der Waals surface area (Å²) in [5.41, 5.74) is 4.21. The van der Waals surface area contributed by atoms with E-state index in [0.717, 1.165) is 47.9 Å². The lowest BCUT2D eigenvalue weighted by atomic mass is 10.1. The van der Waals surface area contributed by atoms with E-state index in [1.807, 2.05) is 24.6 Å². The number of benzene rings is 1. The molecule has 0 radical (unpaired) electrons. The van der Waals surface area contributed by atoms with Crippen LogP contribution in [-0.4, -0.2) is 26.3 Å². The van der Waals surface area contributed by atoms with Crippen LogP contribution in [0, 0.1) is 13.8 Å². The number of hydrogen-bond donors (Lipinski definition) is 1. The molecule has 2 heterocycles. The molecule has 0 aliphatic rings. The molecule has 2 aromatic heterocycles. The summed E-state index contributed by atoms with van der Waals surface area (Å²) in [4.78, 5) is 9.11. The van der Waals surface area contributed by atoms with Gasteiger partial charge in [0, 0.05) is 13.1 Å². The minimum atomic E-state index is 0.772. The predicted molar refractivity (Wildman–Crippen MR) is 89.1 cm³/mol. The van der Waals surface area contributed by atoms with Crippen molar-refractivity contribution in [2.24, 2.45) is 0 Å². The van der Waals surface area contributed by atoms with Crippen LogP contribution in [0.2, 0.25) is 0 Å². The smallest absolute Gasteiger partial charge is 0.156 e. The number of aromatic nitrogens is 4. The quantitative estimate of drug-likeness (QED) is 0.785. The summed E-state index contributed by atoms with van der Waals surface area (Å²) in [6, 6.07) is 10.5. The number of nitrogens with one attached hydrogen (secondary N) is 1. The van der Waals surface area contributed by atoms with Crippen LogP contribution in [0.5, 0.6) is 0 Å². The standard InChI is InChI=1S/C17H21N5/c1-4-22-16-15(12(2)21-22)19-13(3)20-17(16)18-11-10-14-8-6-5-7-9-14/h5-9H,4,10-11H2,1-3H3,(H,18,19,20). The molecule has 0 amide bonds. The molecule has 3 aromatic rings. The zero-order valence-corrected chi connectivity index (χ0v) is 13.3. The fourth-order valence-electron chi connectivity index (χ4n) is 2.66. The highest BCUT2D eigenvalue weighted by Gasteiger charge is 2.14. The molecule has 22 heavy (non-hydrogen) atoms. The van der Waals surface area contributed by atoms with Crippen molar-refractivity contribution in [3.8, 4) is 0 Å². The van der Waals surface area contributed by atoms with Gasteiger partial charge < -0.3 is 5.32 Å². The van der Waals surface area contributed by atoms with E-state index in [2.05, 4.69) is 51.6 Å². The van der Waals surface area contributed by atoms with Crippen LogP contribution in [0.15, 0.2) is 30.3 Å². The van der Waals surface area contributed by atoms with E-state index in [1.165, 1.54) is 5.56 Å². The van der Waals surface area contributed by atoms with Crippen molar-refractivity contribution in [1.82, 2.24) is 19.7 Å². The first-order valence-corrected chi connectivity index (χ1v) is 7.68. The molecule has 1 N–H and O–H groups in total. The van der Waals surface area contributed by atoms with E-state index >= 15 is 0 Å². The SMILES string of the molecule is CCn1nc(C)c2nc(C)nc(NCCc3ccccc3)c21. The van der Waals surface area contributed by atoms with E-state index in [0.29, 0.717) is 0 Å². The van der Waals surface area contributed by atoms with E-state index in [9.17, 15) is 0 Å². The summed E-state index contributed by atoms with van der Waals surface area (Å²) in [6.07, 6.45) is 0.963. The summed E-state index contributed by atoms with van der Waals surface area (Å²) in [5.74, 6) is 1.65. The molecule has 0 atom stereocenters. The minimum Gasteiger partial charge on any atom is -0.368 e. The number of aryl methyl sites for hydroxylation is 3. The minimum absolute atomic E-state index is 0.772. The average molecular weight is 295 g/mol.